The maximum absolute atomic E-state index is 11.9. The molecule has 0 aliphatic carbocycles. The van der Waals surface area contributed by atoms with Crippen LogP contribution in [0.15, 0.2) is 30.3 Å². The molecule has 30 heavy (non-hydrogen) atoms. The van der Waals surface area contributed by atoms with Gasteiger partial charge in [0, 0.05) is 0 Å². The second-order valence-corrected chi connectivity index (χ2v) is 8.46. The van der Waals surface area contributed by atoms with Crippen molar-refractivity contribution in [2.24, 2.45) is 0 Å². The molecule has 0 bridgehead atoms. The smallest absolute Gasteiger partial charge is 0.308 e. The Morgan fingerprint density at radius 1 is 0.767 bits per heavy atom. The van der Waals surface area contributed by atoms with Crippen molar-refractivity contribution in [3.05, 3.63) is 35.9 Å². The van der Waals surface area contributed by atoms with Crippen LogP contribution in [0.1, 0.15) is 116 Å². The first-order valence-electron chi connectivity index (χ1n) is 12.6. The summed E-state index contributed by atoms with van der Waals surface area (Å²) < 4.78 is 11.2. The minimum Gasteiger partial charge on any atom is -0.466 e. The average molecular weight is 419 g/mol. The summed E-state index contributed by atoms with van der Waals surface area (Å²) in [5, 5.41) is 0. The Labute approximate surface area is 185 Å². The number of carbonyl (C=O) groups is 1. The Morgan fingerprint density at radius 2 is 1.30 bits per heavy atom. The summed E-state index contributed by atoms with van der Waals surface area (Å²) in [7, 11) is 0. The van der Waals surface area contributed by atoms with Gasteiger partial charge in [-0.05, 0) is 18.9 Å². The molecule has 0 fully saturated rings. The maximum Gasteiger partial charge on any atom is 0.308 e. The molecule has 0 N–H and O–H groups in total. The molecule has 0 amide bonds. The van der Waals surface area contributed by atoms with Gasteiger partial charge in [-0.1, -0.05) is 121 Å². The average Bonchev–Trinajstić information content (AvgIpc) is 2.76. The second kappa shape index (κ2) is 19.6. The molecule has 3 nitrogen and oxygen atoms in total. The molecular formula is C27H46O3. The largest absolute Gasteiger partial charge is 0.466 e. The fraction of sp³-hybridized carbons (Fsp3) is 0.741. The Hall–Kier alpha value is -1.35. The molecule has 1 unspecified atom stereocenters. The molecule has 172 valence electrons. The molecule has 1 aromatic rings. The van der Waals surface area contributed by atoms with Gasteiger partial charge >= 0.3 is 5.97 Å². The third-order valence-corrected chi connectivity index (χ3v) is 5.66. The van der Waals surface area contributed by atoms with Crippen molar-refractivity contribution in [1.29, 1.82) is 0 Å². The van der Waals surface area contributed by atoms with Gasteiger partial charge in [0.05, 0.1) is 25.7 Å². The topological polar surface area (TPSA) is 35.5 Å². The van der Waals surface area contributed by atoms with Crippen LogP contribution < -0.4 is 0 Å². The van der Waals surface area contributed by atoms with Crippen LogP contribution in [0.3, 0.4) is 0 Å². The Balaban J connectivity index is 2.09. The van der Waals surface area contributed by atoms with Crippen LogP contribution in [0.25, 0.3) is 0 Å². The van der Waals surface area contributed by atoms with E-state index in [1.807, 2.05) is 25.1 Å². The fourth-order valence-corrected chi connectivity index (χ4v) is 3.83. The lowest BCUT2D eigenvalue weighted by molar-refractivity contribution is -0.146. The van der Waals surface area contributed by atoms with E-state index in [-0.39, 0.29) is 12.1 Å². The normalized spacial score (nSPS) is 12.1. The van der Waals surface area contributed by atoms with Gasteiger partial charge in [0.25, 0.3) is 0 Å². The molecule has 0 spiro atoms. The predicted molar refractivity (Wildman–Crippen MR) is 127 cm³/mol. The van der Waals surface area contributed by atoms with E-state index in [1.54, 1.807) is 0 Å². The molecule has 0 radical (unpaired) electrons. The lowest BCUT2D eigenvalue weighted by atomic mass is 10.0. The molecule has 1 rings (SSSR count). The van der Waals surface area contributed by atoms with Gasteiger partial charge < -0.3 is 9.47 Å². The number of unbranched alkanes of at least 4 members (excludes halogenated alkanes) is 12. The maximum atomic E-state index is 11.9. The first kappa shape index (κ1) is 26.7. The van der Waals surface area contributed by atoms with Gasteiger partial charge in [-0.2, -0.15) is 0 Å². The van der Waals surface area contributed by atoms with Gasteiger partial charge in [-0.25, -0.2) is 0 Å². The van der Waals surface area contributed by atoms with E-state index < -0.39 is 0 Å². The van der Waals surface area contributed by atoms with Crippen LogP contribution in [-0.2, 0) is 20.9 Å². The van der Waals surface area contributed by atoms with Gasteiger partial charge in [-0.3, -0.25) is 4.79 Å². The number of hydrogen-bond acceptors (Lipinski definition) is 3. The third kappa shape index (κ3) is 15.5. The van der Waals surface area contributed by atoms with Crippen molar-refractivity contribution >= 4 is 5.97 Å². The van der Waals surface area contributed by atoms with Crippen LogP contribution in [0, 0.1) is 0 Å². The lowest BCUT2D eigenvalue weighted by Gasteiger charge is -2.17. The van der Waals surface area contributed by atoms with E-state index in [9.17, 15) is 4.79 Å². The molecule has 0 saturated carbocycles. The molecular weight excluding hydrogens is 372 g/mol. The number of esters is 1. The summed E-state index contributed by atoms with van der Waals surface area (Å²) in [5.41, 5.74) is 1.15. The zero-order valence-electron chi connectivity index (χ0n) is 19.7. The number of benzene rings is 1. The fourth-order valence-electron chi connectivity index (χ4n) is 3.83. The first-order chi connectivity index (χ1) is 14.8. The molecule has 3 heteroatoms. The minimum atomic E-state index is -0.148. The van der Waals surface area contributed by atoms with Crippen LogP contribution in [0.2, 0.25) is 0 Å². The molecule has 0 aliphatic rings. The zero-order chi connectivity index (χ0) is 21.7. The number of ether oxygens (including phenoxy) is 2. The quantitative estimate of drug-likeness (QED) is 0.159. The van der Waals surface area contributed by atoms with Crippen LogP contribution in [0.5, 0.6) is 0 Å². The van der Waals surface area contributed by atoms with Gasteiger partial charge in [0.1, 0.15) is 0 Å². The zero-order valence-corrected chi connectivity index (χ0v) is 19.7. The summed E-state index contributed by atoms with van der Waals surface area (Å²) in [5.74, 6) is -0.148. The number of hydrogen-bond donors (Lipinski definition) is 0. The predicted octanol–water partition coefficient (Wildman–Crippen LogP) is 8.01. The lowest BCUT2D eigenvalue weighted by Crippen LogP contribution is -2.19. The number of carbonyl (C=O) groups excluding carboxylic acids is 1. The van der Waals surface area contributed by atoms with E-state index in [4.69, 9.17) is 9.47 Å². The molecule has 1 aromatic carbocycles. The number of rotatable bonds is 20. The van der Waals surface area contributed by atoms with E-state index in [1.165, 1.54) is 77.0 Å². The summed E-state index contributed by atoms with van der Waals surface area (Å²) >= 11 is 0. The summed E-state index contributed by atoms with van der Waals surface area (Å²) in [6, 6.07) is 10.2. The van der Waals surface area contributed by atoms with Gasteiger partial charge in [-0.15, -0.1) is 0 Å². The molecule has 0 aromatic heterocycles. The Bertz CT molecular complexity index is 500. The third-order valence-electron chi connectivity index (χ3n) is 5.66. The van der Waals surface area contributed by atoms with Crippen molar-refractivity contribution in [3.8, 4) is 0 Å². The highest BCUT2D eigenvalue weighted by Gasteiger charge is 2.15. The Kier molecular flexibility index (Phi) is 17.4. The van der Waals surface area contributed by atoms with Crippen molar-refractivity contribution in [1.82, 2.24) is 0 Å². The van der Waals surface area contributed by atoms with E-state index >= 15 is 0 Å². The molecule has 0 aliphatic heterocycles. The molecule has 0 saturated heterocycles. The van der Waals surface area contributed by atoms with E-state index in [2.05, 4.69) is 19.1 Å². The van der Waals surface area contributed by atoms with Crippen LogP contribution in [-0.4, -0.2) is 18.7 Å². The summed E-state index contributed by atoms with van der Waals surface area (Å²) in [4.78, 5) is 11.9. The van der Waals surface area contributed by atoms with Crippen molar-refractivity contribution in [2.75, 3.05) is 6.61 Å². The molecule has 0 heterocycles. The van der Waals surface area contributed by atoms with E-state index in [0.717, 1.165) is 18.4 Å². The monoisotopic (exact) mass is 418 g/mol. The Morgan fingerprint density at radius 3 is 1.83 bits per heavy atom. The molecule has 1 atom stereocenters. The van der Waals surface area contributed by atoms with Crippen molar-refractivity contribution < 1.29 is 14.3 Å². The highest BCUT2D eigenvalue weighted by atomic mass is 16.5. The minimum absolute atomic E-state index is 0.0445. The summed E-state index contributed by atoms with van der Waals surface area (Å²) in [6.07, 6.45) is 18.8. The van der Waals surface area contributed by atoms with Crippen LogP contribution >= 0.6 is 0 Å². The second-order valence-electron chi connectivity index (χ2n) is 8.46. The first-order valence-corrected chi connectivity index (χ1v) is 12.6. The van der Waals surface area contributed by atoms with Crippen molar-refractivity contribution in [3.63, 3.8) is 0 Å². The van der Waals surface area contributed by atoms with Crippen molar-refractivity contribution in [2.45, 2.75) is 123 Å². The highest BCUT2D eigenvalue weighted by molar-refractivity contribution is 5.69. The van der Waals surface area contributed by atoms with Crippen LogP contribution in [0.4, 0.5) is 0 Å². The van der Waals surface area contributed by atoms with Gasteiger partial charge in [0.15, 0.2) is 0 Å². The SMILES string of the molecule is CCCCCCCCCCCCCCCC(CC(=O)OCC)OCc1ccccc1. The standard InChI is InChI=1S/C27H46O3/c1-3-5-6-7-8-9-10-11-12-13-14-15-19-22-26(23-27(28)29-4-2)30-24-25-20-17-16-18-21-25/h16-18,20-21,26H,3-15,19,22-24H2,1-2H3. The van der Waals surface area contributed by atoms with E-state index in [0.29, 0.717) is 19.6 Å². The summed E-state index contributed by atoms with van der Waals surface area (Å²) in [6.45, 7) is 5.12. The highest BCUT2D eigenvalue weighted by Crippen LogP contribution is 2.16. The van der Waals surface area contributed by atoms with Gasteiger partial charge in [0.2, 0.25) is 0 Å².